The first kappa shape index (κ1) is 63.0. The number of rotatable bonds is 49. The van der Waals surface area contributed by atoms with E-state index in [-0.39, 0.29) is 24.3 Å². The maximum absolute atomic E-state index is 15.0. The number of nitrogens with zero attached hydrogens (tertiary/aromatic N) is 2. The fourth-order valence-electron chi connectivity index (χ4n) is 9.28. The smallest absolute Gasteiger partial charge is 0.340 e. The summed E-state index contributed by atoms with van der Waals surface area (Å²) in [5.41, 5.74) is 0. The summed E-state index contributed by atoms with van der Waals surface area (Å²) in [5, 5.41) is 0. The third-order valence-corrected chi connectivity index (χ3v) is 13.6. The Balaban J connectivity index is 5.32. The number of carbonyl (C=O) groups is 3. The molecule has 2 unspecified atom stereocenters. The van der Waals surface area contributed by atoms with Crippen molar-refractivity contribution in [2.45, 2.75) is 284 Å². The highest BCUT2D eigenvalue weighted by Crippen LogP contribution is 2.24. The van der Waals surface area contributed by atoms with Crippen LogP contribution in [0.5, 0.6) is 0 Å². The lowest BCUT2D eigenvalue weighted by Gasteiger charge is -2.33. The molecule has 0 aliphatic rings. The summed E-state index contributed by atoms with van der Waals surface area (Å²) in [4.78, 5) is 43.4. The summed E-state index contributed by atoms with van der Waals surface area (Å²) in [6.45, 7) is 13.6. The van der Waals surface area contributed by atoms with Crippen molar-refractivity contribution in [3.8, 4) is 0 Å². The molecule has 8 heteroatoms. The van der Waals surface area contributed by atoms with E-state index in [4.69, 9.17) is 9.47 Å². The molecule has 0 bridgehead atoms. The first-order valence-electron chi connectivity index (χ1n) is 28.2. The number of hydrogen-bond acceptors (Lipinski definition) is 6. The molecular formula is C57H109FN2O5. The molecule has 2 atom stereocenters. The van der Waals surface area contributed by atoms with Gasteiger partial charge in [-0.15, -0.1) is 0 Å². The topological polar surface area (TPSA) is 76.1 Å². The van der Waals surface area contributed by atoms with E-state index in [0.717, 1.165) is 90.0 Å². The fourth-order valence-corrected chi connectivity index (χ4v) is 9.28. The van der Waals surface area contributed by atoms with Crippen LogP contribution in [0.15, 0.2) is 12.2 Å². The van der Waals surface area contributed by atoms with Crippen LogP contribution in [-0.4, -0.2) is 80.3 Å². The predicted molar refractivity (Wildman–Crippen MR) is 276 cm³/mol. The van der Waals surface area contributed by atoms with Crippen LogP contribution in [0.2, 0.25) is 0 Å². The lowest BCUT2D eigenvalue weighted by molar-refractivity contribution is -0.150. The number of halogens is 1. The second-order valence-corrected chi connectivity index (χ2v) is 20.0. The fraction of sp³-hybridized carbons (Fsp3) is 0.912. The van der Waals surface area contributed by atoms with Crippen LogP contribution in [0.4, 0.5) is 4.39 Å². The summed E-state index contributed by atoms with van der Waals surface area (Å²) in [6.07, 6.45) is 41.9. The highest BCUT2D eigenvalue weighted by atomic mass is 19.1. The van der Waals surface area contributed by atoms with Gasteiger partial charge in [0.25, 0.3) is 0 Å². The van der Waals surface area contributed by atoms with Crippen LogP contribution in [0.1, 0.15) is 272 Å². The van der Waals surface area contributed by atoms with Crippen LogP contribution in [-0.2, 0) is 23.9 Å². The zero-order chi connectivity index (χ0) is 48.0. The molecule has 0 aromatic carbocycles. The number of unbranched alkanes of at least 4 members (excludes halogenated alkanes) is 19. The van der Waals surface area contributed by atoms with Gasteiger partial charge in [-0.25, -0.2) is 14.0 Å². The number of alkyl halides is 1. The molecule has 0 aromatic heterocycles. The molecule has 0 saturated heterocycles. The van der Waals surface area contributed by atoms with Crippen LogP contribution < -0.4 is 0 Å². The average molecular weight is 922 g/mol. The zero-order valence-corrected chi connectivity index (χ0v) is 44.3. The van der Waals surface area contributed by atoms with Gasteiger partial charge in [0.15, 0.2) is 6.17 Å². The molecule has 0 saturated carbocycles. The van der Waals surface area contributed by atoms with Crippen molar-refractivity contribution in [1.29, 1.82) is 0 Å². The normalized spacial score (nSPS) is 12.8. The second kappa shape index (κ2) is 47.1. The van der Waals surface area contributed by atoms with Crippen molar-refractivity contribution in [3.05, 3.63) is 12.2 Å². The minimum absolute atomic E-state index is 0.174. The summed E-state index contributed by atoms with van der Waals surface area (Å²) in [7, 11) is 4.10. The van der Waals surface area contributed by atoms with Gasteiger partial charge in [-0.3, -0.25) is 4.79 Å². The molecule has 384 valence electrons. The third kappa shape index (κ3) is 39.7. The molecule has 0 N–H and O–H groups in total. The Labute approximate surface area is 403 Å². The van der Waals surface area contributed by atoms with Gasteiger partial charge in [0.2, 0.25) is 5.91 Å². The highest BCUT2D eigenvalue weighted by Gasteiger charge is 2.24. The van der Waals surface area contributed by atoms with Gasteiger partial charge in [-0.1, -0.05) is 208 Å². The molecule has 65 heavy (non-hydrogen) atoms. The molecule has 0 aliphatic carbocycles. The molecule has 0 aliphatic heterocycles. The Hall–Kier alpha value is -1.96. The van der Waals surface area contributed by atoms with E-state index in [1.807, 2.05) is 6.08 Å². The molecule has 1 amide bonds. The van der Waals surface area contributed by atoms with Gasteiger partial charge in [0.1, 0.15) is 0 Å². The molecule has 0 fully saturated rings. The highest BCUT2D eigenvalue weighted by molar-refractivity contribution is 5.81. The van der Waals surface area contributed by atoms with Crippen molar-refractivity contribution < 1.29 is 28.2 Å². The summed E-state index contributed by atoms with van der Waals surface area (Å²) < 4.78 is 26.1. The molecule has 0 aromatic rings. The number of amides is 1. The number of ether oxygens (including phenoxy) is 2. The van der Waals surface area contributed by atoms with Crippen LogP contribution >= 0.6 is 0 Å². The Morgan fingerprint density at radius 1 is 0.477 bits per heavy atom. The molecular weight excluding hydrogens is 812 g/mol. The third-order valence-electron chi connectivity index (χ3n) is 13.6. The zero-order valence-electron chi connectivity index (χ0n) is 44.3. The quantitative estimate of drug-likeness (QED) is 0.0344. The monoisotopic (exact) mass is 921 g/mol. The minimum atomic E-state index is -1.59. The molecule has 0 rings (SSSR count). The van der Waals surface area contributed by atoms with E-state index < -0.39 is 12.1 Å². The summed E-state index contributed by atoms with van der Waals surface area (Å²) in [5.74, 6) is 0.483. The van der Waals surface area contributed by atoms with Crippen LogP contribution in [0.3, 0.4) is 0 Å². The van der Waals surface area contributed by atoms with Crippen LogP contribution in [0, 0.1) is 11.8 Å². The largest absolute Gasteiger partial charge is 0.464 e. The maximum atomic E-state index is 15.0. The Bertz CT molecular complexity index is 1080. The first-order valence-corrected chi connectivity index (χ1v) is 28.2. The van der Waals surface area contributed by atoms with E-state index >= 15 is 4.39 Å². The summed E-state index contributed by atoms with van der Waals surface area (Å²) in [6, 6.07) is 0.176. The molecule has 0 spiro atoms. The maximum Gasteiger partial charge on any atom is 0.340 e. The first-order chi connectivity index (χ1) is 31.6. The van der Waals surface area contributed by atoms with E-state index in [2.05, 4.69) is 58.5 Å². The molecule has 7 nitrogen and oxygen atoms in total. The lowest BCUT2D eigenvalue weighted by atomic mass is 9.92. The lowest BCUT2D eigenvalue weighted by Crippen LogP contribution is -2.41. The van der Waals surface area contributed by atoms with Crippen molar-refractivity contribution >= 4 is 17.8 Å². The average Bonchev–Trinajstić information content (AvgIpc) is 3.28. The van der Waals surface area contributed by atoms with Crippen molar-refractivity contribution in [3.63, 3.8) is 0 Å². The number of hydrogen-bond donors (Lipinski definition) is 0. The number of carbonyl (C=O) groups excluding carboxylic acids is 3. The molecule has 0 heterocycles. The Morgan fingerprint density at radius 3 is 1.43 bits per heavy atom. The van der Waals surface area contributed by atoms with Crippen molar-refractivity contribution in [2.24, 2.45) is 11.8 Å². The van der Waals surface area contributed by atoms with Gasteiger partial charge in [0, 0.05) is 25.1 Å². The van der Waals surface area contributed by atoms with Crippen molar-refractivity contribution in [2.75, 3.05) is 40.4 Å². The summed E-state index contributed by atoms with van der Waals surface area (Å²) >= 11 is 0. The van der Waals surface area contributed by atoms with E-state index in [1.54, 1.807) is 6.08 Å². The Morgan fingerprint density at radius 2 is 0.908 bits per heavy atom. The second-order valence-electron chi connectivity index (χ2n) is 20.0. The number of esters is 2. The SMILES string of the molecule is CCCCCCCCCCC(CCCCC=CC(=O)OCCC(CCCCC)CCCCC)N(CCCCCC(F)C(=O)OCCC(CCCCC)CCCCC)C(=O)CCCN(C)C. The van der Waals surface area contributed by atoms with E-state index in [9.17, 15) is 14.4 Å². The Kier molecular flexibility index (Phi) is 45.7. The van der Waals surface area contributed by atoms with Gasteiger partial charge in [-0.2, -0.15) is 0 Å². The van der Waals surface area contributed by atoms with Gasteiger partial charge < -0.3 is 19.3 Å². The minimum Gasteiger partial charge on any atom is -0.464 e. The van der Waals surface area contributed by atoms with Gasteiger partial charge >= 0.3 is 11.9 Å². The standard InChI is InChI=1S/C57H109FN2O5/c1-8-13-18-19-20-21-22-30-40-53(41-31-23-24-33-44-56(62)64-49-45-51(36-26-14-9-2)37-27-15-10-3)60(55(61)43-35-47-59(6)7)48-34-25-32-42-54(58)57(63)65-50-46-52(38-28-16-11-4)39-29-17-12-5/h33,44,51-54H,8-32,34-43,45-50H2,1-7H3. The van der Waals surface area contributed by atoms with Crippen LogP contribution in [0.25, 0.3) is 0 Å². The van der Waals surface area contributed by atoms with E-state index in [1.165, 1.54) is 135 Å². The van der Waals surface area contributed by atoms with E-state index in [0.29, 0.717) is 44.4 Å². The number of allylic oxidation sites excluding steroid dienone is 1. The molecule has 0 radical (unpaired) electrons. The van der Waals surface area contributed by atoms with Gasteiger partial charge in [-0.05, 0) is 96.7 Å². The van der Waals surface area contributed by atoms with Crippen molar-refractivity contribution in [1.82, 2.24) is 9.80 Å². The van der Waals surface area contributed by atoms with Gasteiger partial charge in [0.05, 0.1) is 13.2 Å². The predicted octanol–water partition coefficient (Wildman–Crippen LogP) is 16.5.